The molecule has 11 heavy (non-hydrogen) atoms. The third-order valence-corrected chi connectivity index (χ3v) is 1.99. The Morgan fingerprint density at radius 3 is 2.45 bits per heavy atom. The van der Waals surface area contributed by atoms with Crippen LogP contribution in [0.2, 0.25) is 0 Å². The van der Waals surface area contributed by atoms with Crippen LogP contribution in [0.3, 0.4) is 0 Å². The molecule has 0 bridgehead atoms. The molecule has 0 spiro atoms. The van der Waals surface area contributed by atoms with Crippen LogP contribution in [-0.2, 0) is 20.6 Å². The number of hydrogen-bond donors (Lipinski definition) is 0. The van der Waals surface area contributed by atoms with Gasteiger partial charge in [0.15, 0.2) is 0 Å². The van der Waals surface area contributed by atoms with Crippen LogP contribution in [0.25, 0.3) is 0 Å². The van der Waals surface area contributed by atoms with Gasteiger partial charge in [0.2, 0.25) is 0 Å². The maximum absolute atomic E-state index is 10.2. The summed E-state index contributed by atoms with van der Waals surface area (Å²) in [5.74, 6) is 0.159. The minimum absolute atomic E-state index is 0. The minimum atomic E-state index is -1.97. The second-order valence-electron chi connectivity index (χ2n) is 2.20. The van der Waals surface area contributed by atoms with Crippen molar-refractivity contribution in [3.63, 3.8) is 0 Å². The van der Waals surface area contributed by atoms with Gasteiger partial charge < -0.3 is 14.0 Å². The van der Waals surface area contributed by atoms with Crippen molar-refractivity contribution in [3.8, 4) is 0 Å². The molecule has 0 aromatic carbocycles. The summed E-state index contributed by atoms with van der Waals surface area (Å²) in [6.07, 6.45) is 0. The van der Waals surface area contributed by atoms with Gasteiger partial charge in [0.1, 0.15) is 6.79 Å². The smallest absolute Gasteiger partial charge is 0.772 e. The van der Waals surface area contributed by atoms with Crippen molar-refractivity contribution in [2.75, 3.05) is 25.8 Å². The van der Waals surface area contributed by atoms with Crippen LogP contribution in [0.1, 0.15) is 0 Å². The summed E-state index contributed by atoms with van der Waals surface area (Å²) in [6, 6.07) is 0. The van der Waals surface area contributed by atoms with Gasteiger partial charge >= 0.3 is 29.6 Å². The molecule has 1 aliphatic rings. The summed E-state index contributed by atoms with van der Waals surface area (Å²) in [4.78, 5) is 0. The van der Waals surface area contributed by atoms with Gasteiger partial charge in [-0.25, -0.2) is 0 Å². The van der Waals surface area contributed by atoms with Crippen molar-refractivity contribution in [3.05, 3.63) is 0 Å². The molecule has 1 unspecified atom stereocenters. The minimum Gasteiger partial charge on any atom is -0.772 e. The Hall–Kier alpha value is 1.03. The summed E-state index contributed by atoms with van der Waals surface area (Å²) in [7, 11) is 0. The van der Waals surface area contributed by atoms with Crippen LogP contribution in [-0.4, -0.2) is 34.5 Å². The maximum atomic E-state index is 10.2. The maximum Gasteiger partial charge on any atom is 1.00 e. The molecule has 1 fully saturated rings. The summed E-state index contributed by atoms with van der Waals surface area (Å²) < 4.78 is 30.1. The summed E-state index contributed by atoms with van der Waals surface area (Å²) in [6.45, 7) is 1.28. The molecule has 1 heterocycles. The average Bonchev–Trinajstić information content (AvgIpc) is 1.88. The van der Waals surface area contributed by atoms with Crippen LogP contribution in [0.5, 0.6) is 0 Å². The molecule has 0 saturated carbocycles. The van der Waals surface area contributed by atoms with Gasteiger partial charge in [-0.3, -0.25) is 4.21 Å². The fourth-order valence-corrected chi connectivity index (χ4v) is 1.40. The van der Waals surface area contributed by atoms with E-state index in [4.69, 9.17) is 9.47 Å². The van der Waals surface area contributed by atoms with Crippen molar-refractivity contribution < 1.29 is 47.8 Å². The normalized spacial score (nSPS) is 22.3. The van der Waals surface area contributed by atoms with Crippen LogP contribution in [0.15, 0.2) is 0 Å². The van der Waals surface area contributed by atoms with E-state index in [9.17, 15) is 8.76 Å². The Balaban J connectivity index is 0.000001000. The SMILES string of the molecule is O=S([O-])CC1COCOC1.[Na+]. The van der Waals surface area contributed by atoms with Crippen molar-refractivity contribution in [1.82, 2.24) is 0 Å². The molecule has 1 rings (SSSR count). The molecule has 1 atom stereocenters. The quantitative estimate of drug-likeness (QED) is 0.333. The van der Waals surface area contributed by atoms with E-state index >= 15 is 0 Å². The number of ether oxygens (including phenoxy) is 2. The topological polar surface area (TPSA) is 58.6 Å². The van der Waals surface area contributed by atoms with Crippen LogP contribution in [0.4, 0.5) is 0 Å². The Morgan fingerprint density at radius 1 is 1.45 bits per heavy atom. The Morgan fingerprint density at radius 2 is 2.00 bits per heavy atom. The standard InChI is InChI=1S/C5H10O4S.Na/c6-10(7)3-5-1-8-4-9-2-5;/h5H,1-4H2,(H,6,7);/q;+1/p-1. The van der Waals surface area contributed by atoms with E-state index in [0.717, 1.165) is 0 Å². The first-order valence-electron chi connectivity index (χ1n) is 3.00. The van der Waals surface area contributed by atoms with E-state index in [1.54, 1.807) is 0 Å². The van der Waals surface area contributed by atoms with Gasteiger partial charge in [0.25, 0.3) is 0 Å². The number of rotatable bonds is 2. The molecule has 0 aliphatic carbocycles. The fraction of sp³-hybridized carbons (Fsp3) is 1.00. The van der Waals surface area contributed by atoms with Gasteiger partial charge in [0.05, 0.1) is 13.2 Å². The van der Waals surface area contributed by atoms with Crippen molar-refractivity contribution >= 4 is 11.1 Å². The van der Waals surface area contributed by atoms with E-state index in [1.165, 1.54) is 0 Å². The zero-order chi connectivity index (χ0) is 7.40. The Labute approximate surface area is 90.2 Å². The summed E-state index contributed by atoms with van der Waals surface area (Å²) in [5, 5.41) is 0. The first kappa shape index (κ1) is 12.0. The largest absolute Gasteiger partial charge is 1.00 e. The van der Waals surface area contributed by atoms with Crippen LogP contribution in [0, 0.1) is 5.92 Å². The third kappa shape index (κ3) is 5.30. The molecule has 1 aliphatic heterocycles. The van der Waals surface area contributed by atoms with Crippen molar-refractivity contribution in [2.24, 2.45) is 5.92 Å². The molecule has 0 aromatic rings. The molecule has 4 nitrogen and oxygen atoms in total. The summed E-state index contributed by atoms with van der Waals surface area (Å²) in [5.41, 5.74) is 0. The van der Waals surface area contributed by atoms with E-state index in [1.807, 2.05) is 0 Å². The molecular weight excluding hydrogens is 179 g/mol. The second kappa shape index (κ2) is 6.54. The second-order valence-corrected chi connectivity index (χ2v) is 3.14. The van der Waals surface area contributed by atoms with Gasteiger partial charge in [0, 0.05) is 11.7 Å². The fourth-order valence-electron chi connectivity index (χ4n) is 0.825. The predicted octanol–water partition coefficient (Wildman–Crippen LogP) is -3.51. The van der Waals surface area contributed by atoms with E-state index in [2.05, 4.69) is 0 Å². The first-order chi connectivity index (χ1) is 4.79. The van der Waals surface area contributed by atoms with E-state index in [0.29, 0.717) is 20.0 Å². The Kier molecular flexibility index (Phi) is 7.15. The van der Waals surface area contributed by atoms with Crippen molar-refractivity contribution in [2.45, 2.75) is 0 Å². The summed E-state index contributed by atoms with van der Waals surface area (Å²) >= 11 is -1.97. The van der Waals surface area contributed by atoms with Crippen LogP contribution < -0.4 is 29.6 Å². The van der Waals surface area contributed by atoms with Crippen LogP contribution >= 0.6 is 0 Å². The molecule has 0 N–H and O–H groups in total. The predicted molar refractivity (Wildman–Crippen MR) is 34.0 cm³/mol. The third-order valence-electron chi connectivity index (χ3n) is 1.25. The molecule has 1 saturated heterocycles. The zero-order valence-corrected chi connectivity index (χ0v) is 9.26. The molecule has 0 radical (unpaired) electrons. The van der Waals surface area contributed by atoms with E-state index < -0.39 is 11.1 Å². The monoisotopic (exact) mass is 188 g/mol. The molecular formula is C5H9NaO4S. The first-order valence-corrected chi connectivity index (χ1v) is 4.25. The van der Waals surface area contributed by atoms with Crippen molar-refractivity contribution in [1.29, 1.82) is 0 Å². The van der Waals surface area contributed by atoms with Gasteiger partial charge in [-0.05, 0) is 0 Å². The number of hydrogen-bond acceptors (Lipinski definition) is 4. The van der Waals surface area contributed by atoms with Gasteiger partial charge in [-0.1, -0.05) is 11.1 Å². The van der Waals surface area contributed by atoms with Gasteiger partial charge in [-0.2, -0.15) is 0 Å². The molecule has 6 heteroatoms. The van der Waals surface area contributed by atoms with Gasteiger partial charge in [-0.15, -0.1) is 0 Å². The Bertz CT molecular complexity index is 126. The molecule has 0 amide bonds. The molecule has 0 aromatic heterocycles. The average molecular weight is 188 g/mol. The van der Waals surface area contributed by atoms with E-state index in [-0.39, 0.29) is 41.2 Å². The molecule has 60 valence electrons. The zero-order valence-electron chi connectivity index (χ0n) is 6.45.